The van der Waals surface area contributed by atoms with Crippen molar-refractivity contribution in [2.45, 2.75) is 31.4 Å². The number of thiophene rings is 1. The molecule has 0 unspecified atom stereocenters. The summed E-state index contributed by atoms with van der Waals surface area (Å²) in [5.41, 5.74) is 2.02. The molecule has 0 fully saturated rings. The number of thioether (sulfide) groups is 1. The molecule has 0 aliphatic carbocycles. The fourth-order valence-electron chi connectivity index (χ4n) is 2.34. The van der Waals surface area contributed by atoms with Crippen LogP contribution in [0.15, 0.2) is 51.4 Å². The maximum absolute atomic E-state index is 12.3. The van der Waals surface area contributed by atoms with E-state index in [1.54, 1.807) is 0 Å². The molecule has 0 aliphatic rings. The highest BCUT2D eigenvalue weighted by molar-refractivity contribution is 7.99. The number of rotatable bonds is 7. The van der Waals surface area contributed by atoms with E-state index < -0.39 is 0 Å². The molecule has 0 bridgehead atoms. The van der Waals surface area contributed by atoms with Crippen LogP contribution in [0.3, 0.4) is 0 Å². The highest BCUT2D eigenvalue weighted by Crippen LogP contribution is 2.28. The molecule has 1 amide bonds. The minimum absolute atomic E-state index is 0.0865. The molecule has 130 valence electrons. The third kappa shape index (κ3) is 4.49. The zero-order valence-electron chi connectivity index (χ0n) is 14.1. The topological polar surface area (TPSA) is 68.0 Å². The molecular weight excluding hydrogens is 354 g/mol. The fourth-order valence-corrected chi connectivity index (χ4v) is 3.55. The lowest BCUT2D eigenvalue weighted by molar-refractivity contribution is -0.113. The van der Waals surface area contributed by atoms with Gasteiger partial charge in [-0.05, 0) is 35.4 Å². The molecule has 2 heterocycles. The third-order valence-corrected chi connectivity index (χ3v) is 5.52. The maximum Gasteiger partial charge on any atom is 0.277 e. The molecule has 0 saturated carbocycles. The normalized spacial score (nSPS) is 12.1. The van der Waals surface area contributed by atoms with Gasteiger partial charge in [-0.15, -0.1) is 21.5 Å². The second-order valence-corrected chi connectivity index (χ2v) is 7.46. The molecule has 0 aliphatic heterocycles. The summed E-state index contributed by atoms with van der Waals surface area (Å²) >= 11 is 2.78. The Morgan fingerprint density at radius 3 is 2.88 bits per heavy atom. The largest absolute Gasteiger partial charge is 0.410 e. The first-order chi connectivity index (χ1) is 12.2. The second kappa shape index (κ2) is 8.31. The van der Waals surface area contributed by atoms with E-state index in [1.165, 1.54) is 23.1 Å². The Hall–Kier alpha value is -2.12. The van der Waals surface area contributed by atoms with Gasteiger partial charge in [-0.1, -0.05) is 49.9 Å². The Balaban J connectivity index is 1.59. The van der Waals surface area contributed by atoms with E-state index in [-0.39, 0.29) is 11.7 Å². The van der Waals surface area contributed by atoms with Gasteiger partial charge in [0.05, 0.1) is 10.6 Å². The number of nitrogens with zero attached hydrogens (tertiary/aromatic N) is 2. The molecule has 5 nitrogen and oxygen atoms in total. The van der Waals surface area contributed by atoms with Crippen LogP contribution < -0.4 is 5.32 Å². The van der Waals surface area contributed by atoms with Crippen LogP contribution in [0.1, 0.15) is 31.7 Å². The van der Waals surface area contributed by atoms with Gasteiger partial charge in [0.25, 0.3) is 11.1 Å². The average molecular weight is 374 g/mol. The van der Waals surface area contributed by atoms with Crippen LogP contribution in [-0.2, 0) is 4.79 Å². The van der Waals surface area contributed by atoms with E-state index in [1.807, 2.05) is 35.7 Å². The number of hydrogen-bond donors (Lipinski definition) is 1. The van der Waals surface area contributed by atoms with Crippen LogP contribution in [0.4, 0.5) is 5.69 Å². The molecule has 2 aromatic heterocycles. The molecular formula is C18H19N3O2S2. The predicted molar refractivity (Wildman–Crippen MR) is 102 cm³/mol. The smallest absolute Gasteiger partial charge is 0.277 e. The van der Waals surface area contributed by atoms with E-state index in [4.69, 9.17) is 4.42 Å². The molecule has 25 heavy (non-hydrogen) atoms. The predicted octanol–water partition coefficient (Wildman–Crippen LogP) is 5.04. The molecule has 1 N–H and O–H groups in total. The van der Waals surface area contributed by atoms with Crippen molar-refractivity contribution >= 4 is 34.7 Å². The van der Waals surface area contributed by atoms with Gasteiger partial charge in [0.15, 0.2) is 0 Å². The lowest BCUT2D eigenvalue weighted by atomic mass is 9.97. The minimum atomic E-state index is -0.0865. The zero-order valence-corrected chi connectivity index (χ0v) is 15.7. The standard InChI is InChI=1S/C18H19N3O2S2/c1-3-12(2)13-7-4-5-8-14(13)19-16(22)11-25-18-21-20-17(23-18)15-9-6-10-24-15/h4-10,12H,3,11H2,1-2H3,(H,19,22)/t12-/m1/s1. The molecule has 1 aromatic carbocycles. The summed E-state index contributed by atoms with van der Waals surface area (Å²) in [6.45, 7) is 4.30. The highest BCUT2D eigenvalue weighted by atomic mass is 32.2. The van der Waals surface area contributed by atoms with Gasteiger partial charge >= 0.3 is 0 Å². The molecule has 0 radical (unpaired) electrons. The highest BCUT2D eigenvalue weighted by Gasteiger charge is 2.14. The SMILES string of the molecule is CC[C@@H](C)c1ccccc1NC(=O)CSc1nnc(-c2cccs2)o1. The van der Waals surface area contributed by atoms with Crippen molar-refractivity contribution in [2.24, 2.45) is 0 Å². The first kappa shape index (κ1) is 17.7. The fraction of sp³-hybridized carbons (Fsp3) is 0.278. The Kier molecular flexibility index (Phi) is 5.88. The summed E-state index contributed by atoms with van der Waals surface area (Å²) in [5, 5.41) is 13.3. The van der Waals surface area contributed by atoms with Crippen molar-refractivity contribution in [1.29, 1.82) is 0 Å². The first-order valence-corrected chi connectivity index (χ1v) is 9.93. The number of amides is 1. The lowest BCUT2D eigenvalue weighted by Crippen LogP contribution is -2.15. The Morgan fingerprint density at radius 2 is 2.12 bits per heavy atom. The van der Waals surface area contributed by atoms with Crippen molar-refractivity contribution in [1.82, 2.24) is 10.2 Å². The molecule has 3 aromatic rings. The molecule has 0 saturated heterocycles. The van der Waals surface area contributed by atoms with Crippen LogP contribution in [0.5, 0.6) is 0 Å². The third-order valence-electron chi connectivity index (χ3n) is 3.84. The van der Waals surface area contributed by atoms with Gasteiger partial charge < -0.3 is 9.73 Å². The van der Waals surface area contributed by atoms with Crippen LogP contribution in [0.25, 0.3) is 10.8 Å². The Labute approximate surface area is 154 Å². The summed E-state index contributed by atoms with van der Waals surface area (Å²) in [5.74, 6) is 1.02. The van der Waals surface area contributed by atoms with E-state index in [0.717, 1.165) is 22.5 Å². The number of anilines is 1. The molecule has 1 atom stereocenters. The van der Waals surface area contributed by atoms with Gasteiger partial charge in [0.2, 0.25) is 5.91 Å². The number of hydrogen-bond acceptors (Lipinski definition) is 6. The van der Waals surface area contributed by atoms with Gasteiger partial charge in [-0.25, -0.2) is 0 Å². The van der Waals surface area contributed by atoms with Crippen molar-refractivity contribution < 1.29 is 9.21 Å². The number of para-hydroxylation sites is 1. The van der Waals surface area contributed by atoms with E-state index in [2.05, 4.69) is 35.4 Å². The number of nitrogens with one attached hydrogen (secondary N) is 1. The van der Waals surface area contributed by atoms with Gasteiger partial charge in [0, 0.05) is 5.69 Å². The number of aromatic nitrogens is 2. The minimum Gasteiger partial charge on any atom is -0.410 e. The molecule has 3 rings (SSSR count). The Morgan fingerprint density at radius 1 is 1.28 bits per heavy atom. The van der Waals surface area contributed by atoms with E-state index in [9.17, 15) is 4.79 Å². The first-order valence-electron chi connectivity index (χ1n) is 8.06. The quantitative estimate of drug-likeness (QED) is 0.588. The van der Waals surface area contributed by atoms with Crippen molar-refractivity contribution in [2.75, 3.05) is 11.1 Å². The summed E-state index contributed by atoms with van der Waals surface area (Å²) in [7, 11) is 0. The lowest BCUT2D eigenvalue weighted by Gasteiger charge is -2.15. The second-order valence-electron chi connectivity index (χ2n) is 5.58. The number of benzene rings is 1. The summed E-state index contributed by atoms with van der Waals surface area (Å²) in [4.78, 5) is 13.2. The monoisotopic (exact) mass is 373 g/mol. The summed E-state index contributed by atoms with van der Waals surface area (Å²) < 4.78 is 5.58. The van der Waals surface area contributed by atoms with Gasteiger partial charge in [0.1, 0.15) is 0 Å². The van der Waals surface area contributed by atoms with Gasteiger partial charge in [-0.3, -0.25) is 4.79 Å². The zero-order chi connectivity index (χ0) is 17.6. The maximum atomic E-state index is 12.3. The van der Waals surface area contributed by atoms with E-state index >= 15 is 0 Å². The van der Waals surface area contributed by atoms with Crippen molar-refractivity contribution in [3.63, 3.8) is 0 Å². The van der Waals surface area contributed by atoms with Crippen molar-refractivity contribution in [3.05, 3.63) is 47.3 Å². The number of carbonyl (C=O) groups excluding carboxylic acids is 1. The van der Waals surface area contributed by atoms with Crippen LogP contribution >= 0.6 is 23.1 Å². The number of carbonyl (C=O) groups is 1. The average Bonchev–Trinajstić information content (AvgIpc) is 3.31. The van der Waals surface area contributed by atoms with Crippen LogP contribution in [-0.4, -0.2) is 21.9 Å². The Bertz CT molecular complexity index is 830. The van der Waals surface area contributed by atoms with Crippen LogP contribution in [0, 0.1) is 0 Å². The summed E-state index contributed by atoms with van der Waals surface area (Å²) in [6, 6.07) is 11.8. The van der Waals surface area contributed by atoms with Crippen LogP contribution in [0.2, 0.25) is 0 Å². The molecule has 0 spiro atoms. The van der Waals surface area contributed by atoms with E-state index in [0.29, 0.717) is 17.0 Å². The van der Waals surface area contributed by atoms with Gasteiger partial charge in [-0.2, -0.15) is 0 Å². The molecule has 7 heteroatoms. The summed E-state index contributed by atoms with van der Waals surface area (Å²) in [6.07, 6.45) is 1.02. The van der Waals surface area contributed by atoms with Crippen molar-refractivity contribution in [3.8, 4) is 10.8 Å².